The number of aromatic nitrogens is 2. The maximum Gasteiger partial charge on any atom is 0.322 e. The Morgan fingerprint density at radius 3 is 2.48 bits per heavy atom. The highest BCUT2D eigenvalue weighted by Crippen LogP contribution is 2.27. The molecule has 7 nitrogen and oxygen atoms in total. The number of hydrogen-bond donors (Lipinski definition) is 2. The zero-order valence-corrected chi connectivity index (χ0v) is 16.3. The summed E-state index contributed by atoms with van der Waals surface area (Å²) in [7, 11) is -3.21. The van der Waals surface area contributed by atoms with E-state index < -0.39 is 15.3 Å². The molecule has 1 fully saturated rings. The van der Waals surface area contributed by atoms with Crippen molar-refractivity contribution in [3.05, 3.63) is 30.1 Å². The Labute approximate surface area is 158 Å². The molecule has 2 N–H and O–H groups in total. The van der Waals surface area contributed by atoms with Crippen LogP contribution in [0.5, 0.6) is 0 Å². The van der Waals surface area contributed by atoms with Crippen molar-refractivity contribution in [2.75, 3.05) is 11.9 Å². The lowest BCUT2D eigenvalue weighted by Crippen LogP contribution is -2.37. The molecule has 0 amide bonds. The molecule has 0 aliphatic heterocycles. The van der Waals surface area contributed by atoms with Gasteiger partial charge in [0.05, 0.1) is 5.25 Å². The maximum absolute atomic E-state index is 13.0. The van der Waals surface area contributed by atoms with Gasteiger partial charge in [0.15, 0.2) is 0 Å². The fourth-order valence-corrected chi connectivity index (χ4v) is 3.89. The molecule has 1 aliphatic rings. The number of rotatable bonds is 7. The summed E-state index contributed by atoms with van der Waals surface area (Å²) in [6.45, 7) is 3.84. The van der Waals surface area contributed by atoms with Gasteiger partial charge in [-0.05, 0) is 69.7 Å². The lowest BCUT2D eigenvalue weighted by molar-refractivity contribution is 0.330. The molecule has 0 saturated heterocycles. The molecule has 2 aromatic rings. The normalized spacial score (nSPS) is 20.7. The molecule has 1 aliphatic carbocycles. The molecular weight excluding hydrogens is 371 g/mol. The summed E-state index contributed by atoms with van der Waals surface area (Å²) < 4.78 is 44.6. The minimum Gasteiger partial charge on any atom is -0.335 e. The number of anilines is 1. The van der Waals surface area contributed by atoms with Crippen molar-refractivity contribution in [2.24, 2.45) is 5.92 Å². The van der Waals surface area contributed by atoms with Crippen molar-refractivity contribution in [2.45, 2.75) is 50.8 Å². The van der Waals surface area contributed by atoms with Crippen LogP contribution < -0.4 is 10.0 Å². The molecule has 1 aromatic carbocycles. The molecular formula is C18H25FN4O3S. The first-order chi connectivity index (χ1) is 12.8. The lowest BCUT2D eigenvalue weighted by atomic mass is 9.86. The van der Waals surface area contributed by atoms with Crippen LogP contribution in [-0.4, -0.2) is 36.4 Å². The first-order valence-corrected chi connectivity index (χ1v) is 10.7. The first-order valence-electron chi connectivity index (χ1n) is 9.18. The van der Waals surface area contributed by atoms with Crippen LogP contribution in [0.1, 0.15) is 39.5 Å². The third-order valence-corrected chi connectivity index (χ3v) is 6.71. The van der Waals surface area contributed by atoms with E-state index in [1.807, 2.05) is 0 Å². The summed E-state index contributed by atoms with van der Waals surface area (Å²) >= 11 is 0. The maximum atomic E-state index is 13.0. The fourth-order valence-electron chi connectivity index (χ4n) is 3.08. The van der Waals surface area contributed by atoms with Crippen molar-refractivity contribution >= 4 is 16.0 Å². The lowest BCUT2D eigenvalue weighted by Gasteiger charge is -2.28. The number of nitrogens with zero attached hydrogens (tertiary/aromatic N) is 2. The van der Waals surface area contributed by atoms with Gasteiger partial charge in [0.1, 0.15) is 5.82 Å². The monoisotopic (exact) mass is 396 g/mol. The van der Waals surface area contributed by atoms with Gasteiger partial charge in [-0.1, -0.05) is 5.16 Å². The first kappa shape index (κ1) is 19.8. The van der Waals surface area contributed by atoms with E-state index in [0.717, 1.165) is 25.7 Å². The van der Waals surface area contributed by atoms with Gasteiger partial charge < -0.3 is 9.84 Å². The number of hydrogen-bond acceptors (Lipinski definition) is 6. The SMILES string of the molecule is CC(C)S(=O)(=O)NCC1CCC(Nc2nc(-c3ccc(F)cc3)no2)CC1. The van der Waals surface area contributed by atoms with Gasteiger partial charge >= 0.3 is 6.01 Å². The minimum atomic E-state index is -3.21. The summed E-state index contributed by atoms with van der Waals surface area (Å²) in [6.07, 6.45) is 3.67. The molecule has 0 spiro atoms. The Bertz CT molecular complexity index is 844. The second kappa shape index (κ2) is 8.35. The molecule has 1 aromatic heterocycles. The van der Waals surface area contributed by atoms with E-state index >= 15 is 0 Å². The Balaban J connectivity index is 1.48. The van der Waals surface area contributed by atoms with Crippen LogP contribution in [0.4, 0.5) is 10.4 Å². The van der Waals surface area contributed by atoms with E-state index in [9.17, 15) is 12.8 Å². The van der Waals surface area contributed by atoms with Crippen LogP contribution >= 0.6 is 0 Å². The summed E-state index contributed by atoms with van der Waals surface area (Å²) in [4.78, 5) is 4.31. The third-order valence-electron chi connectivity index (χ3n) is 4.90. The van der Waals surface area contributed by atoms with Gasteiger partial charge in [0.2, 0.25) is 15.8 Å². The Hall–Kier alpha value is -2.00. The Morgan fingerprint density at radius 2 is 1.85 bits per heavy atom. The Kier molecular flexibility index (Phi) is 6.11. The zero-order chi connectivity index (χ0) is 19.4. The predicted molar refractivity (Wildman–Crippen MR) is 101 cm³/mol. The van der Waals surface area contributed by atoms with Crippen molar-refractivity contribution in [1.82, 2.24) is 14.9 Å². The molecule has 27 heavy (non-hydrogen) atoms. The average Bonchev–Trinajstić information content (AvgIpc) is 3.10. The van der Waals surface area contributed by atoms with E-state index in [1.165, 1.54) is 12.1 Å². The number of halogens is 1. The summed E-state index contributed by atoms with van der Waals surface area (Å²) in [5.74, 6) is 0.441. The van der Waals surface area contributed by atoms with E-state index in [2.05, 4.69) is 20.2 Å². The van der Waals surface area contributed by atoms with E-state index in [4.69, 9.17) is 4.52 Å². The molecule has 0 bridgehead atoms. The fraction of sp³-hybridized carbons (Fsp3) is 0.556. The van der Waals surface area contributed by atoms with Crippen molar-refractivity contribution in [1.29, 1.82) is 0 Å². The van der Waals surface area contributed by atoms with Crippen molar-refractivity contribution < 1.29 is 17.3 Å². The Morgan fingerprint density at radius 1 is 1.19 bits per heavy atom. The van der Waals surface area contributed by atoms with Gasteiger partial charge in [0.25, 0.3) is 0 Å². The van der Waals surface area contributed by atoms with E-state index in [1.54, 1.807) is 26.0 Å². The highest BCUT2D eigenvalue weighted by atomic mass is 32.2. The van der Waals surface area contributed by atoms with Crippen LogP contribution in [0.25, 0.3) is 11.4 Å². The van der Waals surface area contributed by atoms with Crippen molar-refractivity contribution in [3.8, 4) is 11.4 Å². The molecule has 1 heterocycles. The highest BCUT2D eigenvalue weighted by Gasteiger charge is 2.24. The number of nitrogens with one attached hydrogen (secondary N) is 2. The third kappa shape index (κ3) is 5.26. The molecule has 148 valence electrons. The summed E-state index contributed by atoms with van der Waals surface area (Å²) in [5, 5.41) is 6.75. The molecule has 0 atom stereocenters. The smallest absolute Gasteiger partial charge is 0.322 e. The minimum absolute atomic E-state index is 0.212. The van der Waals surface area contributed by atoms with Crippen molar-refractivity contribution in [3.63, 3.8) is 0 Å². The molecule has 0 unspecified atom stereocenters. The summed E-state index contributed by atoms with van der Waals surface area (Å²) in [5.41, 5.74) is 0.689. The van der Waals surface area contributed by atoms with Crippen LogP contribution in [0, 0.1) is 11.7 Å². The molecule has 0 radical (unpaired) electrons. The predicted octanol–water partition coefficient (Wildman–Crippen LogP) is 3.17. The zero-order valence-electron chi connectivity index (χ0n) is 15.5. The molecule has 1 saturated carbocycles. The van der Waals surface area contributed by atoms with Gasteiger partial charge in [-0.2, -0.15) is 4.98 Å². The molecule has 3 rings (SSSR count). The van der Waals surface area contributed by atoms with Gasteiger partial charge in [-0.3, -0.25) is 0 Å². The second-order valence-electron chi connectivity index (χ2n) is 7.23. The molecule has 9 heteroatoms. The standard InChI is InChI=1S/C18H25FN4O3S/c1-12(2)27(24,25)20-11-13-3-9-16(10-4-13)21-18-22-17(23-26-18)14-5-7-15(19)8-6-14/h5-8,12-13,16,20H,3-4,9-11H2,1-2H3,(H,21,22,23). The second-order valence-corrected chi connectivity index (χ2v) is 9.56. The van der Waals surface area contributed by atoms with E-state index in [0.29, 0.717) is 29.9 Å². The van der Waals surface area contributed by atoms with Gasteiger partial charge in [-0.15, -0.1) is 0 Å². The van der Waals surface area contributed by atoms with Gasteiger partial charge in [0, 0.05) is 18.2 Å². The van der Waals surface area contributed by atoms with Crippen LogP contribution in [0.2, 0.25) is 0 Å². The van der Waals surface area contributed by atoms with Gasteiger partial charge in [-0.25, -0.2) is 17.5 Å². The van der Waals surface area contributed by atoms with E-state index in [-0.39, 0.29) is 11.9 Å². The topological polar surface area (TPSA) is 97.1 Å². The van der Waals surface area contributed by atoms with Crippen LogP contribution in [0.3, 0.4) is 0 Å². The largest absolute Gasteiger partial charge is 0.335 e. The highest BCUT2D eigenvalue weighted by molar-refractivity contribution is 7.90. The quantitative estimate of drug-likeness (QED) is 0.746. The average molecular weight is 396 g/mol. The summed E-state index contributed by atoms with van der Waals surface area (Å²) in [6, 6.07) is 6.48. The van der Waals surface area contributed by atoms with Crippen LogP contribution in [-0.2, 0) is 10.0 Å². The number of sulfonamides is 1. The van der Waals surface area contributed by atoms with Crippen LogP contribution in [0.15, 0.2) is 28.8 Å². The number of benzene rings is 1.